The van der Waals surface area contributed by atoms with E-state index in [-0.39, 0.29) is 6.42 Å². The third-order valence-electron chi connectivity index (χ3n) is 2.22. The van der Waals surface area contributed by atoms with Crippen LogP contribution in [0.15, 0.2) is 27.3 Å². The molecule has 4 heteroatoms. The van der Waals surface area contributed by atoms with Crippen molar-refractivity contribution in [2.45, 2.75) is 13.3 Å². The molecule has 0 N–H and O–H groups in total. The predicted molar refractivity (Wildman–Crippen MR) is 57.4 cm³/mol. The van der Waals surface area contributed by atoms with E-state index in [0.717, 1.165) is 10.9 Å². The molecule has 1 aromatic carbocycles. The van der Waals surface area contributed by atoms with Gasteiger partial charge in [-0.25, -0.2) is 0 Å². The summed E-state index contributed by atoms with van der Waals surface area (Å²) in [5.41, 5.74) is 2.40. The van der Waals surface area contributed by atoms with E-state index in [1.54, 1.807) is 0 Å². The molecule has 15 heavy (non-hydrogen) atoms. The summed E-state index contributed by atoms with van der Waals surface area (Å²) in [4.78, 5) is 10.6. The SMILES string of the molecule is Cc1ccc2c(CC(=O)[O-])c(Br)oc2c1. The number of aliphatic carboxylic acids is 1. The van der Waals surface area contributed by atoms with Crippen molar-refractivity contribution in [3.8, 4) is 0 Å². The molecule has 2 aromatic rings. The first-order valence-corrected chi connectivity index (χ1v) is 5.24. The minimum Gasteiger partial charge on any atom is -0.550 e. The van der Waals surface area contributed by atoms with Gasteiger partial charge >= 0.3 is 0 Å². The van der Waals surface area contributed by atoms with Crippen LogP contribution in [0.25, 0.3) is 11.0 Å². The van der Waals surface area contributed by atoms with Crippen LogP contribution in [-0.2, 0) is 11.2 Å². The number of rotatable bonds is 2. The average Bonchev–Trinajstić information content (AvgIpc) is 2.41. The molecular weight excluding hydrogens is 260 g/mol. The minimum absolute atomic E-state index is 0.142. The second-order valence-electron chi connectivity index (χ2n) is 3.40. The fourth-order valence-corrected chi connectivity index (χ4v) is 2.06. The third kappa shape index (κ3) is 1.90. The van der Waals surface area contributed by atoms with Gasteiger partial charge in [0.1, 0.15) is 5.58 Å². The Balaban J connectivity index is 2.63. The summed E-state index contributed by atoms with van der Waals surface area (Å²) in [6, 6.07) is 5.65. The van der Waals surface area contributed by atoms with E-state index >= 15 is 0 Å². The largest absolute Gasteiger partial charge is 0.550 e. The van der Waals surface area contributed by atoms with Gasteiger partial charge in [0.05, 0.1) is 0 Å². The van der Waals surface area contributed by atoms with Gasteiger partial charge in [-0.3, -0.25) is 0 Å². The Morgan fingerprint density at radius 3 is 2.93 bits per heavy atom. The number of carboxylic acid groups (broad SMARTS) is 1. The van der Waals surface area contributed by atoms with Crippen molar-refractivity contribution in [3.05, 3.63) is 34.0 Å². The van der Waals surface area contributed by atoms with Crippen molar-refractivity contribution >= 4 is 32.9 Å². The second kappa shape index (κ2) is 3.70. The number of carbonyl (C=O) groups is 1. The molecule has 0 aliphatic carbocycles. The van der Waals surface area contributed by atoms with Crippen LogP contribution in [0.1, 0.15) is 11.1 Å². The van der Waals surface area contributed by atoms with Gasteiger partial charge in [0.15, 0.2) is 4.67 Å². The number of carboxylic acids is 1. The number of carbonyl (C=O) groups excluding carboxylic acids is 1. The predicted octanol–water partition coefficient (Wildman–Crippen LogP) is 1.80. The number of aryl methyl sites for hydroxylation is 1. The van der Waals surface area contributed by atoms with Crippen LogP contribution in [0.2, 0.25) is 0 Å². The normalized spacial score (nSPS) is 10.8. The maximum atomic E-state index is 10.6. The van der Waals surface area contributed by atoms with Crippen molar-refractivity contribution in [1.29, 1.82) is 0 Å². The zero-order valence-electron chi connectivity index (χ0n) is 8.04. The van der Waals surface area contributed by atoms with Gasteiger partial charge in [-0.05, 0) is 34.5 Å². The van der Waals surface area contributed by atoms with E-state index in [9.17, 15) is 9.90 Å². The fraction of sp³-hybridized carbons (Fsp3) is 0.182. The zero-order valence-corrected chi connectivity index (χ0v) is 9.63. The lowest BCUT2D eigenvalue weighted by Gasteiger charge is -2.00. The van der Waals surface area contributed by atoms with Crippen molar-refractivity contribution in [3.63, 3.8) is 0 Å². The third-order valence-corrected chi connectivity index (χ3v) is 2.86. The number of hydrogen-bond acceptors (Lipinski definition) is 3. The second-order valence-corrected chi connectivity index (χ2v) is 4.12. The summed E-state index contributed by atoms with van der Waals surface area (Å²) in [7, 11) is 0. The standard InChI is InChI=1S/C11H9BrO3/c1-6-2-3-7-8(5-10(13)14)11(12)15-9(7)4-6/h2-4H,5H2,1H3,(H,13,14)/p-1. The van der Waals surface area contributed by atoms with Crippen LogP contribution >= 0.6 is 15.9 Å². The van der Waals surface area contributed by atoms with E-state index in [0.29, 0.717) is 15.8 Å². The summed E-state index contributed by atoms with van der Waals surface area (Å²) in [6.07, 6.45) is -0.142. The molecule has 0 unspecified atom stereocenters. The number of fused-ring (bicyclic) bond motifs is 1. The fourth-order valence-electron chi connectivity index (χ4n) is 1.54. The molecule has 0 amide bonds. The lowest BCUT2D eigenvalue weighted by Crippen LogP contribution is -2.24. The molecule has 0 saturated heterocycles. The van der Waals surface area contributed by atoms with Crippen LogP contribution in [0.4, 0.5) is 0 Å². The topological polar surface area (TPSA) is 53.3 Å². The number of halogens is 1. The first kappa shape index (κ1) is 10.2. The van der Waals surface area contributed by atoms with Crippen molar-refractivity contribution in [1.82, 2.24) is 0 Å². The highest BCUT2D eigenvalue weighted by atomic mass is 79.9. The number of benzene rings is 1. The Morgan fingerprint density at radius 2 is 2.27 bits per heavy atom. The molecule has 78 valence electrons. The van der Waals surface area contributed by atoms with E-state index in [2.05, 4.69) is 15.9 Å². The summed E-state index contributed by atoms with van der Waals surface area (Å²) in [5.74, 6) is -1.11. The summed E-state index contributed by atoms with van der Waals surface area (Å²) < 4.78 is 5.87. The van der Waals surface area contributed by atoms with Gasteiger partial charge in [0.2, 0.25) is 0 Å². The van der Waals surface area contributed by atoms with Crippen LogP contribution in [0.3, 0.4) is 0 Å². The van der Waals surface area contributed by atoms with Gasteiger partial charge in [0.25, 0.3) is 0 Å². The smallest absolute Gasteiger partial charge is 0.174 e. The number of furan rings is 1. The first-order chi connectivity index (χ1) is 7.08. The van der Waals surface area contributed by atoms with Gasteiger partial charge in [0, 0.05) is 23.3 Å². The molecule has 3 nitrogen and oxygen atoms in total. The molecule has 0 fully saturated rings. The molecule has 2 rings (SSSR count). The number of hydrogen-bond donors (Lipinski definition) is 0. The highest BCUT2D eigenvalue weighted by molar-refractivity contribution is 9.10. The molecule has 0 radical (unpaired) electrons. The van der Waals surface area contributed by atoms with Crippen LogP contribution < -0.4 is 5.11 Å². The van der Waals surface area contributed by atoms with E-state index in [4.69, 9.17) is 4.42 Å². The van der Waals surface area contributed by atoms with Crippen molar-refractivity contribution < 1.29 is 14.3 Å². The maximum Gasteiger partial charge on any atom is 0.174 e. The summed E-state index contributed by atoms with van der Waals surface area (Å²) in [5, 5.41) is 11.4. The molecule has 1 heterocycles. The van der Waals surface area contributed by atoms with Crippen molar-refractivity contribution in [2.75, 3.05) is 0 Å². The van der Waals surface area contributed by atoms with Gasteiger partial charge in [-0.2, -0.15) is 0 Å². The molecular formula is C11H8BrO3-. The van der Waals surface area contributed by atoms with E-state index in [1.807, 2.05) is 25.1 Å². The molecule has 0 saturated carbocycles. The molecule has 0 bridgehead atoms. The van der Waals surface area contributed by atoms with Crippen LogP contribution in [0.5, 0.6) is 0 Å². The average molecular weight is 268 g/mol. The van der Waals surface area contributed by atoms with Crippen LogP contribution in [-0.4, -0.2) is 5.97 Å². The van der Waals surface area contributed by atoms with Crippen molar-refractivity contribution in [2.24, 2.45) is 0 Å². The minimum atomic E-state index is -1.11. The summed E-state index contributed by atoms with van der Waals surface area (Å²) >= 11 is 3.20. The Labute approximate surface area is 94.8 Å². The highest BCUT2D eigenvalue weighted by Gasteiger charge is 2.11. The van der Waals surface area contributed by atoms with Gasteiger partial charge in [-0.15, -0.1) is 0 Å². The van der Waals surface area contributed by atoms with Gasteiger partial charge in [-0.1, -0.05) is 12.1 Å². The molecule has 1 aromatic heterocycles. The Morgan fingerprint density at radius 1 is 1.53 bits per heavy atom. The monoisotopic (exact) mass is 267 g/mol. The van der Waals surface area contributed by atoms with E-state index < -0.39 is 5.97 Å². The molecule has 0 aliphatic heterocycles. The Bertz CT molecular complexity index is 528. The molecule has 0 spiro atoms. The zero-order chi connectivity index (χ0) is 11.0. The maximum absolute atomic E-state index is 10.6. The quantitative estimate of drug-likeness (QED) is 0.834. The molecule has 0 aliphatic rings. The van der Waals surface area contributed by atoms with Crippen LogP contribution in [0, 0.1) is 6.92 Å². The van der Waals surface area contributed by atoms with Gasteiger partial charge < -0.3 is 14.3 Å². The Hall–Kier alpha value is -1.29. The molecule has 0 atom stereocenters. The lowest BCUT2D eigenvalue weighted by molar-refractivity contribution is -0.304. The first-order valence-electron chi connectivity index (χ1n) is 4.45. The van der Waals surface area contributed by atoms with E-state index in [1.165, 1.54) is 0 Å². The Kier molecular flexibility index (Phi) is 2.52. The highest BCUT2D eigenvalue weighted by Crippen LogP contribution is 2.30. The summed E-state index contributed by atoms with van der Waals surface area (Å²) in [6.45, 7) is 1.95. The lowest BCUT2D eigenvalue weighted by atomic mass is 10.1.